The Labute approximate surface area is 211 Å². The molecule has 36 heavy (non-hydrogen) atoms. The first-order valence-electron chi connectivity index (χ1n) is 12.1. The molecular weight excluding hydrogens is 456 g/mol. The molecule has 0 atom stereocenters. The van der Waals surface area contributed by atoms with Crippen LogP contribution in [0, 0.1) is 6.92 Å². The van der Waals surface area contributed by atoms with Gasteiger partial charge in [-0.05, 0) is 77.3 Å². The van der Waals surface area contributed by atoms with Crippen LogP contribution in [0.1, 0.15) is 16.7 Å². The minimum atomic E-state index is -0.588. The number of aromatic nitrogens is 2. The van der Waals surface area contributed by atoms with Crippen molar-refractivity contribution in [3.05, 3.63) is 71.5 Å². The molecule has 0 saturated heterocycles. The maximum absolute atomic E-state index is 12.9. The van der Waals surface area contributed by atoms with Crippen LogP contribution in [0.5, 0.6) is 0 Å². The molecule has 4 aromatic rings. The molecule has 0 aliphatic heterocycles. The van der Waals surface area contributed by atoms with E-state index in [4.69, 9.17) is 9.47 Å². The quantitative estimate of drug-likeness (QED) is 0.332. The van der Waals surface area contributed by atoms with Crippen LogP contribution < -0.4 is 0 Å². The topological polar surface area (TPSA) is 68.9 Å². The predicted octanol–water partition coefficient (Wildman–Crippen LogP) is 4.74. The van der Waals surface area contributed by atoms with Gasteiger partial charge < -0.3 is 19.3 Å². The van der Waals surface area contributed by atoms with Gasteiger partial charge in [-0.2, -0.15) is 0 Å². The number of carbonyl (C=O) groups is 2. The molecule has 0 fully saturated rings. The fourth-order valence-corrected chi connectivity index (χ4v) is 4.32. The lowest BCUT2D eigenvalue weighted by atomic mass is 10.1. The number of ether oxygens (including phenoxy) is 2. The van der Waals surface area contributed by atoms with E-state index >= 15 is 0 Å². The van der Waals surface area contributed by atoms with Gasteiger partial charge in [0.2, 0.25) is 6.79 Å². The van der Waals surface area contributed by atoms with E-state index in [1.165, 1.54) is 9.13 Å². The second-order valence-corrected chi connectivity index (χ2v) is 9.63. The van der Waals surface area contributed by atoms with Crippen molar-refractivity contribution < 1.29 is 19.1 Å². The third kappa shape index (κ3) is 5.61. The first-order valence-corrected chi connectivity index (χ1v) is 12.1. The van der Waals surface area contributed by atoms with E-state index in [1.54, 1.807) is 6.20 Å². The Morgan fingerprint density at radius 2 is 1.28 bits per heavy atom. The fraction of sp³-hybridized carbons (Fsp3) is 0.357. The van der Waals surface area contributed by atoms with Crippen LogP contribution in [-0.4, -0.2) is 79.2 Å². The number of hydrogen-bond donors (Lipinski definition) is 0. The van der Waals surface area contributed by atoms with Crippen molar-refractivity contribution in [3.8, 4) is 0 Å². The lowest BCUT2D eigenvalue weighted by molar-refractivity contribution is 0.0263. The molecule has 2 aromatic carbocycles. The predicted molar refractivity (Wildman–Crippen MR) is 142 cm³/mol. The normalized spacial score (nSPS) is 11.6. The largest absolute Gasteiger partial charge is 0.421 e. The van der Waals surface area contributed by atoms with Gasteiger partial charge in [0.15, 0.2) is 0 Å². The van der Waals surface area contributed by atoms with E-state index < -0.39 is 19.0 Å². The highest BCUT2D eigenvalue weighted by molar-refractivity contribution is 5.93. The van der Waals surface area contributed by atoms with Gasteiger partial charge >= 0.3 is 12.2 Å². The third-order valence-corrected chi connectivity index (χ3v) is 6.25. The van der Waals surface area contributed by atoms with Crippen LogP contribution in [0.3, 0.4) is 0 Å². The molecule has 2 heterocycles. The Morgan fingerprint density at radius 1 is 0.750 bits per heavy atom. The van der Waals surface area contributed by atoms with E-state index in [2.05, 4.69) is 15.9 Å². The zero-order valence-electron chi connectivity index (χ0n) is 21.7. The zero-order chi connectivity index (χ0) is 25.8. The molecule has 0 aliphatic rings. The maximum Gasteiger partial charge on any atom is 0.421 e. The Bertz CT molecular complexity index is 1380. The summed E-state index contributed by atoms with van der Waals surface area (Å²) in [6.45, 7) is 3.28. The molecule has 0 N–H and O–H groups in total. The summed E-state index contributed by atoms with van der Waals surface area (Å²) in [5, 5.41) is 2.03. The summed E-state index contributed by atoms with van der Waals surface area (Å²) >= 11 is 0. The smallest absolute Gasteiger partial charge is 0.411 e. The summed E-state index contributed by atoms with van der Waals surface area (Å²) in [5.41, 5.74) is 4.79. The molecule has 0 saturated carbocycles. The average molecular weight is 491 g/mol. The highest BCUT2D eigenvalue weighted by Crippen LogP contribution is 2.25. The summed E-state index contributed by atoms with van der Waals surface area (Å²) in [5.74, 6) is 0. The van der Waals surface area contributed by atoms with Crippen LogP contribution in [-0.2, 0) is 22.3 Å². The Hall–Kier alpha value is -3.62. The molecule has 0 radical (unpaired) electrons. The van der Waals surface area contributed by atoms with Crippen molar-refractivity contribution in [1.29, 1.82) is 0 Å². The summed E-state index contributed by atoms with van der Waals surface area (Å²) < 4.78 is 13.6. The number of fused-ring (bicyclic) bond motifs is 2. The van der Waals surface area contributed by atoms with Crippen molar-refractivity contribution in [3.63, 3.8) is 0 Å². The minimum absolute atomic E-state index is 0.476. The molecule has 190 valence electrons. The number of hydrogen-bond acceptors (Lipinski definition) is 6. The highest BCUT2D eigenvalue weighted by Gasteiger charge is 2.18. The van der Waals surface area contributed by atoms with Crippen molar-refractivity contribution in [2.75, 3.05) is 48.1 Å². The van der Waals surface area contributed by atoms with Gasteiger partial charge in [-0.3, -0.25) is 9.13 Å². The number of aryl methyl sites for hydroxylation is 1. The van der Waals surface area contributed by atoms with Crippen LogP contribution in [0.15, 0.2) is 54.9 Å². The van der Waals surface area contributed by atoms with Gasteiger partial charge in [-0.1, -0.05) is 29.8 Å². The summed E-state index contributed by atoms with van der Waals surface area (Å²) in [6, 6.07) is 13.7. The van der Waals surface area contributed by atoms with Gasteiger partial charge in [-0.25, -0.2) is 9.59 Å². The number of benzene rings is 2. The molecule has 0 spiro atoms. The molecular formula is C28H34N4O4. The monoisotopic (exact) mass is 490 g/mol. The van der Waals surface area contributed by atoms with Gasteiger partial charge in [0, 0.05) is 36.3 Å². The number of rotatable bonds is 8. The molecule has 0 aliphatic carbocycles. The molecule has 0 unspecified atom stereocenters. The molecule has 8 nitrogen and oxygen atoms in total. The zero-order valence-corrected chi connectivity index (χ0v) is 21.7. The van der Waals surface area contributed by atoms with Crippen molar-refractivity contribution in [1.82, 2.24) is 18.9 Å². The maximum atomic E-state index is 12.9. The van der Waals surface area contributed by atoms with Gasteiger partial charge in [0.1, 0.15) is 0 Å². The van der Waals surface area contributed by atoms with E-state index in [0.29, 0.717) is 0 Å². The summed E-state index contributed by atoms with van der Waals surface area (Å²) in [7, 11) is 8.07. The Balaban J connectivity index is 1.46. The van der Waals surface area contributed by atoms with E-state index in [9.17, 15) is 9.59 Å². The Morgan fingerprint density at radius 3 is 1.86 bits per heavy atom. The van der Waals surface area contributed by atoms with Crippen LogP contribution in [0.25, 0.3) is 21.8 Å². The lowest BCUT2D eigenvalue weighted by Gasteiger charge is -2.09. The Kier molecular flexibility index (Phi) is 7.76. The lowest BCUT2D eigenvalue weighted by Crippen LogP contribution is -2.19. The van der Waals surface area contributed by atoms with E-state index in [0.717, 1.165) is 64.4 Å². The third-order valence-electron chi connectivity index (χ3n) is 6.25. The van der Waals surface area contributed by atoms with Crippen LogP contribution in [0.2, 0.25) is 0 Å². The standard InChI is InChI=1S/C28H34N4O4/c1-20-10-11-26-24(16-20)22(13-15-30(4)5)18-32(26)28(34)36-19-35-27(33)31-17-21(12-14-29(2)3)23-8-6-7-9-25(23)31/h6-11,16-18H,12-15,19H2,1-5H3. The van der Waals surface area contributed by atoms with Gasteiger partial charge in [0.05, 0.1) is 11.0 Å². The number of nitrogens with zero attached hydrogens (tertiary/aromatic N) is 4. The first-order chi connectivity index (χ1) is 17.2. The van der Waals surface area contributed by atoms with Crippen LogP contribution in [0.4, 0.5) is 9.59 Å². The summed E-state index contributed by atoms with van der Waals surface area (Å²) in [6.07, 6.45) is 4.05. The second kappa shape index (κ2) is 11.0. The molecule has 2 aromatic heterocycles. The second-order valence-electron chi connectivity index (χ2n) is 9.63. The number of carbonyl (C=O) groups excluding carboxylic acids is 2. The van der Waals surface area contributed by atoms with Gasteiger partial charge in [0.25, 0.3) is 0 Å². The molecule has 0 bridgehead atoms. The highest BCUT2D eigenvalue weighted by atomic mass is 16.7. The summed E-state index contributed by atoms with van der Waals surface area (Å²) in [4.78, 5) is 30.0. The number of likely N-dealkylation sites (N-methyl/N-ethyl adjacent to an activating group) is 2. The molecule has 0 amide bonds. The first kappa shape index (κ1) is 25.5. The van der Waals surface area contributed by atoms with Crippen molar-refractivity contribution in [2.24, 2.45) is 0 Å². The molecule has 8 heteroatoms. The van der Waals surface area contributed by atoms with E-state index in [1.807, 2.05) is 77.7 Å². The number of para-hydroxylation sites is 1. The molecule has 4 rings (SSSR count). The van der Waals surface area contributed by atoms with Crippen molar-refractivity contribution in [2.45, 2.75) is 19.8 Å². The van der Waals surface area contributed by atoms with Crippen molar-refractivity contribution >= 4 is 34.0 Å². The fourth-order valence-electron chi connectivity index (χ4n) is 4.32. The van der Waals surface area contributed by atoms with Crippen LogP contribution >= 0.6 is 0 Å². The minimum Gasteiger partial charge on any atom is -0.411 e. The van der Waals surface area contributed by atoms with Gasteiger partial charge in [-0.15, -0.1) is 0 Å². The SMILES string of the molecule is Cc1ccc2c(c1)c(CCN(C)C)cn2C(=O)OCOC(=O)n1cc(CCN(C)C)c2ccccc21. The average Bonchev–Trinajstić information content (AvgIpc) is 3.39. The van der Waals surface area contributed by atoms with E-state index in [-0.39, 0.29) is 0 Å².